The predicted molar refractivity (Wildman–Crippen MR) is 430 cm³/mol. The number of para-hydroxylation sites is 8. The second-order valence-corrected chi connectivity index (χ2v) is 27.2. The van der Waals surface area contributed by atoms with Crippen molar-refractivity contribution in [1.29, 1.82) is 0 Å². The highest BCUT2D eigenvalue weighted by molar-refractivity contribution is 6.15. The molecule has 0 amide bonds. The van der Waals surface area contributed by atoms with Gasteiger partial charge in [0.2, 0.25) is 0 Å². The Morgan fingerprint density at radius 1 is 0.175 bits per heavy atom. The van der Waals surface area contributed by atoms with Crippen molar-refractivity contribution in [3.05, 3.63) is 411 Å². The molecule has 0 N–H and O–H groups in total. The Morgan fingerprint density at radius 3 is 0.680 bits per heavy atom. The van der Waals surface area contributed by atoms with Gasteiger partial charge in [-0.15, -0.1) is 0 Å². The van der Waals surface area contributed by atoms with Gasteiger partial charge in [0.15, 0.2) is 0 Å². The molecule has 21 rings (SSSR count). The molecule has 4 heterocycles. The van der Waals surface area contributed by atoms with Gasteiger partial charge in [-0.05, 0) is 203 Å². The molecule has 0 saturated carbocycles. The molecule has 6 heteroatoms. The molecule has 6 nitrogen and oxygen atoms in total. The van der Waals surface area contributed by atoms with Gasteiger partial charge in [0, 0.05) is 100.0 Å². The third kappa shape index (κ3) is 8.87. The Kier molecular flexibility index (Phi) is 13.1. The second kappa shape index (κ2) is 23.2. The fourth-order valence-corrected chi connectivity index (χ4v) is 17.5. The van der Waals surface area contributed by atoms with Gasteiger partial charge in [0.1, 0.15) is 0 Å². The van der Waals surface area contributed by atoms with Gasteiger partial charge in [-0.2, -0.15) is 0 Å². The topological polar surface area (TPSA) is 26.2 Å². The fraction of sp³-hybridized carbons (Fsp3) is 0.0103. The number of hydrogen-bond acceptors (Lipinski definition) is 2. The van der Waals surface area contributed by atoms with Crippen molar-refractivity contribution in [3.8, 4) is 33.9 Å². The van der Waals surface area contributed by atoms with Crippen LogP contribution in [0.4, 0.5) is 34.1 Å². The minimum atomic E-state index is -0.702. The molecule has 20 aromatic rings. The average molecular weight is 1310 g/mol. The maximum Gasteiger partial charge on any atom is 0.0713 e. The van der Waals surface area contributed by atoms with Gasteiger partial charge in [-0.1, -0.05) is 218 Å². The van der Waals surface area contributed by atoms with Crippen LogP contribution in [0.25, 0.3) is 121 Å². The molecular weight excluding hydrogens is 1250 g/mol. The summed E-state index contributed by atoms with van der Waals surface area (Å²) in [5.74, 6) is 0. The van der Waals surface area contributed by atoms with Crippen LogP contribution < -0.4 is 9.80 Å². The van der Waals surface area contributed by atoms with Crippen LogP contribution >= 0.6 is 0 Å². The maximum atomic E-state index is 2.46. The largest absolute Gasteiger partial charge is 0.310 e. The van der Waals surface area contributed by atoms with Crippen molar-refractivity contribution >= 4 is 121 Å². The summed E-state index contributed by atoms with van der Waals surface area (Å²) in [5.41, 5.74) is 26.9. The van der Waals surface area contributed by atoms with Crippen LogP contribution in [-0.2, 0) is 5.41 Å². The van der Waals surface area contributed by atoms with E-state index < -0.39 is 5.41 Å². The number of fused-ring (bicyclic) bond motifs is 15. The number of hydrogen-bond donors (Lipinski definition) is 0. The molecule has 0 aliphatic heterocycles. The van der Waals surface area contributed by atoms with E-state index in [1.807, 2.05) is 0 Å². The summed E-state index contributed by atoms with van der Waals surface area (Å²) in [6.45, 7) is 0. The van der Waals surface area contributed by atoms with Crippen LogP contribution in [0, 0.1) is 0 Å². The molecule has 1 aliphatic rings. The normalized spacial score (nSPS) is 12.5. The molecule has 0 radical (unpaired) electrons. The lowest BCUT2D eigenvalue weighted by molar-refractivity contribution is 0.768. The molecular formula is C97H64N6. The molecule has 4 aromatic heterocycles. The Bertz CT molecular complexity index is 6000. The van der Waals surface area contributed by atoms with Crippen LogP contribution in [0.2, 0.25) is 0 Å². The zero-order valence-electron chi connectivity index (χ0n) is 56.1. The van der Waals surface area contributed by atoms with Crippen LogP contribution in [0.3, 0.4) is 0 Å². The highest BCUT2D eigenvalue weighted by atomic mass is 15.2. The van der Waals surface area contributed by atoms with E-state index in [4.69, 9.17) is 0 Å². The van der Waals surface area contributed by atoms with E-state index in [0.717, 1.165) is 78.9 Å². The first-order valence-corrected chi connectivity index (χ1v) is 35.5. The molecule has 0 saturated heterocycles. The summed E-state index contributed by atoms with van der Waals surface area (Å²) in [6, 6.07) is 144. The van der Waals surface area contributed by atoms with Crippen LogP contribution in [0.5, 0.6) is 0 Å². The van der Waals surface area contributed by atoms with Gasteiger partial charge >= 0.3 is 0 Å². The Balaban J connectivity index is 0.752. The zero-order valence-corrected chi connectivity index (χ0v) is 56.1. The van der Waals surface area contributed by atoms with Gasteiger partial charge in [0.05, 0.1) is 49.5 Å². The van der Waals surface area contributed by atoms with Crippen molar-refractivity contribution in [2.75, 3.05) is 9.80 Å². The summed E-state index contributed by atoms with van der Waals surface area (Å²) in [5, 5.41) is 9.57. The lowest BCUT2D eigenvalue weighted by Crippen LogP contribution is -2.28. The van der Waals surface area contributed by atoms with Crippen molar-refractivity contribution in [3.63, 3.8) is 0 Å². The molecule has 0 spiro atoms. The van der Waals surface area contributed by atoms with Crippen molar-refractivity contribution < 1.29 is 0 Å². The summed E-state index contributed by atoms with van der Waals surface area (Å²) >= 11 is 0. The Labute approximate surface area is 595 Å². The number of rotatable bonds is 12. The van der Waals surface area contributed by atoms with Crippen LogP contribution in [0.15, 0.2) is 388 Å². The van der Waals surface area contributed by atoms with E-state index >= 15 is 0 Å². The molecule has 0 unspecified atom stereocenters. The van der Waals surface area contributed by atoms with Crippen LogP contribution in [0.1, 0.15) is 22.3 Å². The molecule has 0 fully saturated rings. The number of aromatic nitrogens is 4. The lowest BCUT2D eigenvalue weighted by atomic mass is 9.67. The van der Waals surface area contributed by atoms with Gasteiger partial charge in [-0.25, -0.2) is 0 Å². The van der Waals surface area contributed by atoms with E-state index in [1.165, 1.54) is 98.5 Å². The van der Waals surface area contributed by atoms with Crippen LogP contribution in [-0.4, -0.2) is 18.3 Å². The van der Waals surface area contributed by atoms with Crippen molar-refractivity contribution in [2.24, 2.45) is 0 Å². The smallest absolute Gasteiger partial charge is 0.0713 e. The SMILES string of the molecule is c1ccc(-n2c3ccccc3c3cc(N(c4ccc(C5(c6ccc(N(c7ccc8c(c7)c7ccccc7n8-c7ccccc7)c7ccc8c(c7)c7ccccc7n8-c7ccccc7)cc6)c6ccccc6-c6ccccc65)cc4)c4ccc5c(c4)c4ccccc4n5-c4ccccc4)ccc32)cc1. The molecule has 1 aliphatic carbocycles. The van der Waals surface area contributed by atoms with E-state index in [-0.39, 0.29) is 0 Å². The molecule has 16 aromatic carbocycles. The first-order chi connectivity index (χ1) is 51.1. The minimum absolute atomic E-state index is 0.702. The maximum absolute atomic E-state index is 2.46. The summed E-state index contributed by atoms with van der Waals surface area (Å²) in [6.07, 6.45) is 0. The third-order valence-electron chi connectivity index (χ3n) is 21.8. The van der Waals surface area contributed by atoms with E-state index in [0.29, 0.717) is 0 Å². The minimum Gasteiger partial charge on any atom is -0.310 e. The monoisotopic (exact) mass is 1310 g/mol. The predicted octanol–water partition coefficient (Wildman–Crippen LogP) is 25.4. The highest BCUT2D eigenvalue weighted by Gasteiger charge is 2.46. The quantitative estimate of drug-likeness (QED) is 0.122. The molecule has 103 heavy (non-hydrogen) atoms. The summed E-state index contributed by atoms with van der Waals surface area (Å²) in [4.78, 5) is 4.93. The van der Waals surface area contributed by atoms with Crippen molar-refractivity contribution in [1.82, 2.24) is 18.3 Å². The summed E-state index contributed by atoms with van der Waals surface area (Å²) < 4.78 is 9.60. The lowest BCUT2D eigenvalue weighted by Gasteiger charge is -2.35. The van der Waals surface area contributed by atoms with Gasteiger partial charge in [0.25, 0.3) is 0 Å². The Hall–Kier alpha value is -13.7. The van der Waals surface area contributed by atoms with E-state index in [9.17, 15) is 0 Å². The standard InChI is InChI=1S/C97H64N6/c1-5-25-67(26-6-1)100-89-41-21-15-35-79(89)83-61-73(53-57-93(83)100)98(74-54-58-94-84(62-74)80-36-16-22-42-90(80)101(94)68-27-7-2-8-28-68)71-49-45-65(46-50-71)97(87-39-19-13-33-77(87)78-34-14-20-40-88(78)97)66-47-51-72(52-48-66)99(75-55-59-95-85(63-75)81-37-17-23-43-91(81)102(95)69-29-9-3-10-30-69)76-56-60-96-86(64-76)82-38-18-24-44-92(82)103(96)70-31-11-4-12-32-70/h1-64H. The number of nitrogens with zero attached hydrogens (tertiary/aromatic N) is 6. The first-order valence-electron chi connectivity index (χ1n) is 35.5. The van der Waals surface area contributed by atoms with E-state index in [1.54, 1.807) is 0 Å². The Morgan fingerprint density at radius 2 is 0.398 bits per heavy atom. The van der Waals surface area contributed by atoms with Gasteiger partial charge in [-0.3, -0.25) is 0 Å². The first kappa shape index (κ1) is 58.3. The summed E-state index contributed by atoms with van der Waals surface area (Å²) in [7, 11) is 0. The average Bonchev–Trinajstić information content (AvgIpc) is 1.55. The highest BCUT2D eigenvalue weighted by Crippen LogP contribution is 2.57. The zero-order chi connectivity index (χ0) is 67.7. The second-order valence-electron chi connectivity index (χ2n) is 27.2. The third-order valence-corrected chi connectivity index (χ3v) is 21.8. The van der Waals surface area contributed by atoms with Crippen molar-refractivity contribution in [2.45, 2.75) is 5.41 Å². The van der Waals surface area contributed by atoms with E-state index in [2.05, 4.69) is 416 Å². The fourth-order valence-electron chi connectivity index (χ4n) is 17.5. The molecule has 482 valence electrons. The van der Waals surface area contributed by atoms with Gasteiger partial charge < -0.3 is 28.1 Å². The molecule has 0 bridgehead atoms. The number of anilines is 6. The number of benzene rings is 16. The molecule has 0 atom stereocenters.